The van der Waals surface area contributed by atoms with Crippen LogP contribution < -0.4 is 14.2 Å². The zero-order chi connectivity index (χ0) is 22.4. The van der Waals surface area contributed by atoms with Crippen LogP contribution in [0.2, 0.25) is 5.02 Å². The first-order valence-corrected chi connectivity index (χ1v) is 10.9. The van der Waals surface area contributed by atoms with Gasteiger partial charge in [-0.15, -0.1) is 6.42 Å². The van der Waals surface area contributed by atoms with Crippen LogP contribution in [0.15, 0.2) is 41.4 Å². The van der Waals surface area contributed by atoms with Gasteiger partial charge in [0.2, 0.25) is 5.91 Å². The summed E-state index contributed by atoms with van der Waals surface area (Å²) in [5, 5.41) is 0.754. The molecule has 0 aromatic heterocycles. The van der Waals surface area contributed by atoms with Crippen molar-refractivity contribution in [1.82, 2.24) is 4.90 Å². The van der Waals surface area contributed by atoms with Crippen LogP contribution in [0, 0.1) is 12.3 Å². The van der Waals surface area contributed by atoms with Crippen molar-refractivity contribution in [1.29, 1.82) is 0 Å². The number of terminal acetylenes is 1. The van der Waals surface area contributed by atoms with E-state index in [0.29, 0.717) is 34.7 Å². The Kier molecular flexibility index (Phi) is 7.72. The highest BCUT2D eigenvalue weighted by Gasteiger charge is 2.37. The van der Waals surface area contributed by atoms with Crippen LogP contribution in [0.5, 0.6) is 17.2 Å². The molecule has 0 aliphatic carbocycles. The largest absolute Gasteiger partial charge is 0.497 e. The molecule has 8 heteroatoms. The predicted octanol–water partition coefficient (Wildman–Crippen LogP) is 4.56. The Morgan fingerprint density at radius 2 is 1.97 bits per heavy atom. The first kappa shape index (κ1) is 22.9. The van der Waals surface area contributed by atoms with Gasteiger partial charge in [-0.3, -0.25) is 9.69 Å². The predicted molar refractivity (Wildman–Crippen MR) is 125 cm³/mol. The maximum absolute atomic E-state index is 13.0. The number of methoxy groups -OCH3 is 2. The van der Waals surface area contributed by atoms with E-state index in [1.165, 1.54) is 18.9 Å². The van der Waals surface area contributed by atoms with E-state index in [2.05, 4.69) is 10.9 Å². The Morgan fingerprint density at radius 3 is 2.58 bits per heavy atom. The summed E-state index contributed by atoms with van der Waals surface area (Å²) in [6.45, 7) is 2.56. The van der Waals surface area contributed by atoms with Crippen molar-refractivity contribution in [2.75, 3.05) is 27.4 Å². The van der Waals surface area contributed by atoms with Gasteiger partial charge in [-0.2, -0.15) is 0 Å². The van der Waals surface area contributed by atoms with Gasteiger partial charge in [-0.05, 0) is 55.3 Å². The second-order valence-corrected chi connectivity index (χ2v) is 8.16. The molecule has 1 aliphatic heterocycles. The van der Waals surface area contributed by atoms with E-state index in [0.717, 1.165) is 17.0 Å². The fourth-order valence-electron chi connectivity index (χ4n) is 3.14. The molecule has 0 radical (unpaired) electrons. The Morgan fingerprint density at radius 1 is 1.23 bits per heavy atom. The van der Waals surface area contributed by atoms with Gasteiger partial charge in [0, 0.05) is 6.54 Å². The molecule has 1 heterocycles. The molecule has 2 aromatic carbocycles. The molecule has 0 bridgehead atoms. The number of rotatable bonds is 8. The molecular weight excluding hydrogens is 436 g/mol. The number of benzene rings is 2. The van der Waals surface area contributed by atoms with Crippen LogP contribution in [0.4, 0.5) is 5.69 Å². The maximum atomic E-state index is 13.0. The van der Waals surface area contributed by atoms with E-state index < -0.39 is 0 Å². The first-order valence-electron chi connectivity index (χ1n) is 9.64. The van der Waals surface area contributed by atoms with Crippen molar-refractivity contribution in [2.24, 2.45) is 4.99 Å². The van der Waals surface area contributed by atoms with E-state index in [9.17, 15) is 4.79 Å². The smallest absolute Gasteiger partial charge is 0.242 e. The fraction of sp³-hybridized carbons (Fsp3) is 0.304. The summed E-state index contributed by atoms with van der Waals surface area (Å²) in [5.41, 5.74) is 1.62. The lowest BCUT2D eigenvalue weighted by molar-refractivity contribution is -0.126. The van der Waals surface area contributed by atoms with Gasteiger partial charge in [-0.25, -0.2) is 4.99 Å². The van der Waals surface area contributed by atoms with Gasteiger partial charge in [0.1, 0.15) is 12.4 Å². The molecule has 3 rings (SSSR count). The van der Waals surface area contributed by atoms with Crippen molar-refractivity contribution in [2.45, 2.75) is 18.6 Å². The lowest BCUT2D eigenvalue weighted by atomic mass is 10.1. The highest BCUT2D eigenvalue weighted by atomic mass is 35.5. The van der Waals surface area contributed by atoms with Gasteiger partial charge >= 0.3 is 0 Å². The van der Waals surface area contributed by atoms with E-state index in [1.54, 1.807) is 18.1 Å². The van der Waals surface area contributed by atoms with Crippen LogP contribution in [-0.2, 0) is 11.2 Å². The Hall–Kier alpha value is -2.82. The standard InChI is InChI=1S/C23H23ClN2O4S/c1-5-11-30-21-18(24)12-15(13-19(21)29-4)14-20-22(27)26(6-2)23(31-20)25-16-7-9-17(28-3)10-8-16/h1,7-10,12-13,20H,6,11,14H2,2-4H3/t20-/m0/s1. The summed E-state index contributed by atoms with van der Waals surface area (Å²) in [7, 11) is 3.15. The van der Waals surface area contributed by atoms with Gasteiger partial charge in [0.05, 0.1) is 30.2 Å². The minimum absolute atomic E-state index is 0.0162. The minimum atomic E-state index is -0.310. The van der Waals surface area contributed by atoms with Crippen LogP contribution in [-0.4, -0.2) is 48.6 Å². The first-order chi connectivity index (χ1) is 15.0. The second-order valence-electron chi connectivity index (χ2n) is 6.59. The third-order valence-electron chi connectivity index (χ3n) is 4.64. The molecular formula is C23H23ClN2O4S. The summed E-state index contributed by atoms with van der Waals surface area (Å²) in [4.78, 5) is 19.3. The number of amidine groups is 1. The lowest BCUT2D eigenvalue weighted by Gasteiger charge is -2.15. The van der Waals surface area contributed by atoms with Crippen LogP contribution >= 0.6 is 23.4 Å². The Balaban J connectivity index is 1.82. The molecule has 162 valence electrons. The zero-order valence-corrected chi connectivity index (χ0v) is 19.1. The number of amides is 1. The van der Waals surface area contributed by atoms with Gasteiger partial charge in [-0.1, -0.05) is 29.3 Å². The molecule has 1 amide bonds. The summed E-state index contributed by atoms with van der Waals surface area (Å²) in [6.07, 6.45) is 5.74. The molecule has 0 N–H and O–H groups in total. The summed E-state index contributed by atoms with van der Waals surface area (Å²) in [6, 6.07) is 11.0. The number of carbonyl (C=O) groups excluding carboxylic acids is 1. The molecule has 0 spiro atoms. The maximum Gasteiger partial charge on any atom is 0.242 e. The number of nitrogens with zero attached hydrogens (tertiary/aromatic N) is 2. The number of ether oxygens (including phenoxy) is 3. The average Bonchev–Trinajstić information content (AvgIpc) is 3.06. The number of aliphatic imine (C=N–C) groups is 1. The highest BCUT2D eigenvalue weighted by Crippen LogP contribution is 2.38. The average molecular weight is 459 g/mol. The molecule has 1 fully saturated rings. The number of carbonyl (C=O) groups is 1. The summed E-state index contributed by atoms with van der Waals surface area (Å²) in [5.74, 6) is 4.05. The lowest BCUT2D eigenvalue weighted by Crippen LogP contribution is -2.32. The second kappa shape index (κ2) is 10.5. The molecule has 6 nitrogen and oxygen atoms in total. The molecule has 0 saturated carbocycles. The third-order valence-corrected chi connectivity index (χ3v) is 6.10. The van der Waals surface area contributed by atoms with Crippen molar-refractivity contribution >= 4 is 40.1 Å². The molecule has 1 aliphatic rings. The third kappa shape index (κ3) is 5.27. The van der Waals surface area contributed by atoms with Crippen LogP contribution in [0.1, 0.15) is 12.5 Å². The monoisotopic (exact) mass is 458 g/mol. The van der Waals surface area contributed by atoms with Crippen LogP contribution in [0.25, 0.3) is 0 Å². The van der Waals surface area contributed by atoms with E-state index >= 15 is 0 Å². The molecule has 1 atom stereocenters. The van der Waals surface area contributed by atoms with E-state index in [-0.39, 0.29) is 17.8 Å². The topological polar surface area (TPSA) is 60.4 Å². The highest BCUT2D eigenvalue weighted by molar-refractivity contribution is 8.15. The van der Waals surface area contributed by atoms with Gasteiger partial charge in [0.25, 0.3) is 0 Å². The van der Waals surface area contributed by atoms with Crippen molar-refractivity contribution < 1.29 is 19.0 Å². The molecule has 31 heavy (non-hydrogen) atoms. The fourth-order valence-corrected chi connectivity index (χ4v) is 4.69. The van der Waals surface area contributed by atoms with Crippen molar-refractivity contribution in [3.05, 3.63) is 47.0 Å². The number of halogens is 1. The van der Waals surface area contributed by atoms with E-state index in [1.807, 2.05) is 37.3 Å². The van der Waals surface area contributed by atoms with Crippen molar-refractivity contribution in [3.8, 4) is 29.6 Å². The molecule has 2 aromatic rings. The SMILES string of the molecule is C#CCOc1c(Cl)cc(C[C@@H]2SC(=Nc3ccc(OC)cc3)N(CC)C2=O)cc1OC. The summed E-state index contributed by atoms with van der Waals surface area (Å²) < 4.78 is 16.1. The normalized spacial score (nSPS) is 17.0. The minimum Gasteiger partial charge on any atom is -0.497 e. The van der Waals surface area contributed by atoms with E-state index in [4.69, 9.17) is 32.2 Å². The number of hydrogen-bond acceptors (Lipinski definition) is 6. The zero-order valence-electron chi connectivity index (χ0n) is 17.6. The molecule has 0 unspecified atom stereocenters. The quantitative estimate of drug-likeness (QED) is 0.542. The Labute approximate surface area is 191 Å². The van der Waals surface area contributed by atoms with Crippen LogP contribution in [0.3, 0.4) is 0 Å². The summed E-state index contributed by atoms with van der Waals surface area (Å²) >= 11 is 7.82. The van der Waals surface area contributed by atoms with Gasteiger partial charge < -0.3 is 14.2 Å². The van der Waals surface area contributed by atoms with Gasteiger partial charge in [0.15, 0.2) is 16.7 Å². The number of thioether (sulfide) groups is 1. The van der Waals surface area contributed by atoms with Crippen molar-refractivity contribution in [3.63, 3.8) is 0 Å². The molecule has 1 saturated heterocycles. The number of hydrogen-bond donors (Lipinski definition) is 0. The Bertz CT molecular complexity index is 1020.